The molecule has 7 heteroatoms. The second-order valence-electron chi connectivity index (χ2n) is 7.47. The van der Waals surface area contributed by atoms with Crippen LogP contribution in [0.5, 0.6) is 0 Å². The Hall–Kier alpha value is -1.34. The predicted octanol–water partition coefficient (Wildman–Crippen LogP) is 1.77. The molecule has 0 atom stereocenters. The number of nitrogens with zero attached hydrogens (tertiary/aromatic N) is 2. The van der Waals surface area contributed by atoms with Gasteiger partial charge in [-0.25, -0.2) is 12.7 Å². The number of amides is 1. The molecule has 6 nitrogen and oxygen atoms in total. The Morgan fingerprint density at radius 3 is 2.40 bits per heavy atom. The number of hydrogen-bond donors (Lipinski definition) is 1. The highest BCUT2D eigenvalue weighted by atomic mass is 32.2. The van der Waals surface area contributed by atoms with E-state index < -0.39 is 10.0 Å². The smallest absolute Gasteiger partial charge is 0.223 e. The maximum atomic E-state index is 12.3. The Morgan fingerprint density at radius 1 is 1.20 bits per heavy atom. The highest BCUT2D eigenvalue weighted by Gasteiger charge is 2.29. The molecule has 1 amide bonds. The summed E-state index contributed by atoms with van der Waals surface area (Å²) in [6.45, 7) is 5.85. The Balaban J connectivity index is 1.47. The van der Waals surface area contributed by atoms with E-state index in [0.717, 1.165) is 6.42 Å². The Labute approximate surface area is 150 Å². The average molecular weight is 368 g/mol. The largest absolute Gasteiger partial charge is 0.356 e. The van der Waals surface area contributed by atoms with Crippen LogP contribution in [0.15, 0.2) is 6.07 Å². The number of carbonyl (C=O) groups is 1. The van der Waals surface area contributed by atoms with E-state index in [1.165, 1.54) is 40.4 Å². The van der Waals surface area contributed by atoms with E-state index in [0.29, 0.717) is 38.5 Å². The molecule has 1 N–H and O–H groups in total. The summed E-state index contributed by atoms with van der Waals surface area (Å²) in [7, 11) is -3.14. The summed E-state index contributed by atoms with van der Waals surface area (Å²) < 4.78 is 26.9. The molecular formula is C18H29N3O3S. The Kier molecular flexibility index (Phi) is 5.25. The number of rotatable bonds is 6. The van der Waals surface area contributed by atoms with Crippen LogP contribution >= 0.6 is 0 Å². The maximum Gasteiger partial charge on any atom is 0.223 e. The number of carbonyl (C=O) groups excluding carboxylic acids is 1. The summed E-state index contributed by atoms with van der Waals surface area (Å²) in [4.78, 5) is 12.3. The minimum Gasteiger partial charge on any atom is -0.356 e. The molecule has 140 valence electrons. The fourth-order valence-corrected chi connectivity index (χ4v) is 4.78. The number of nitrogens with one attached hydrogen (secondary N) is 1. The SMILES string of the molecule is Cc1cc(CCNC(=O)C2CCN(S(C)(=O)=O)CC2)c(C)n1C1CC1. The summed E-state index contributed by atoms with van der Waals surface area (Å²) in [5, 5.41) is 3.04. The second kappa shape index (κ2) is 7.11. The highest BCUT2D eigenvalue weighted by molar-refractivity contribution is 7.88. The zero-order valence-corrected chi connectivity index (χ0v) is 16.2. The van der Waals surface area contributed by atoms with Crippen molar-refractivity contribution in [2.45, 2.75) is 52.0 Å². The lowest BCUT2D eigenvalue weighted by molar-refractivity contribution is -0.126. The fraction of sp³-hybridized carbons (Fsp3) is 0.722. The number of aromatic nitrogens is 1. The summed E-state index contributed by atoms with van der Waals surface area (Å²) in [5.74, 6) is -0.0129. The zero-order chi connectivity index (χ0) is 18.2. The molecule has 0 unspecified atom stereocenters. The van der Waals surface area contributed by atoms with Crippen molar-refractivity contribution in [1.82, 2.24) is 14.2 Å². The molecule has 1 aromatic rings. The van der Waals surface area contributed by atoms with Crippen LogP contribution in [0.2, 0.25) is 0 Å². The lowest BCUT2D eigenvalue weighted by atomic mass is 9.97. The van der Waals surface area contributed by atoms with E-state index in [9.17, 15) is 13.2 Å². The average Bonchev–Trinajstić information content (AvgIpc) is 3.33. The van der Waals surface area contributed by atoms with Gasteiger partial charge in [0, 0.05) is 43.0 Å². The van der Waals surface area contributed by atoms with Crippen molar-refractivity contribution in [3.05, 3.63) is 23.0 Å². The van der Waals surface area contributed by atoms with Gasteiger partial charge in [0.15, 0.2) is 0 Å². The van der Waals surface area contributed by atoms with Crippen molar-refractivity contribution >= 4 is 15.9 Å². The van der Waals surface area contributed by atoms with Crippen molar-refractivity contribution in [3.8, 4) is 0 Å². The number of hydrogen-bond acceptors (Lipinski definition) is 3. The molecule has 0 spiro atoms. The molecular weight excluding hydrogens is 338 g/mol. The fourth-order valence-electron chi connectivity index (χ4n) is 3.91. The van der Waals surface area contributed by atoms with Gasteiger partial charge in [-0.1, -0.05) is 0 Å². The molecule has 1 aromatic heterocycles. The normalized spacial score (nSPS) is 20.0. The first-order chi connectivity index (χ1) is 11.8. The van der Waals surface area contributed by atoms with Crippen molar-refractivity contribution in [1.29, 1.82) is 0 Å². The number of aryl methyl sites for hydroxylation is 1. The maximum absolute atomic E-state index is 12.3. The molecule has 2 heterocycles. The molecule has 3 rings (SSSR count). The monoisotopic (exact) mass is 367 g/mol. The van der Waals surface area contributed by atoms with Crippen LogP contribution < -0.4 is 5.32 Å². The second-order valence-corrected chi connectivity index (χ2v) is 9.46. The van der Waals surface area contributed by atoms with Crippen LogP contribution in [0.1, 0.15) is 48.7 Å². The van der Waals surface area contributed by atoms with Crippen LogP contribution in [0.4, 0.5) is 0 Å². The standard InChI is InChI=1S/C18H29N3O3S/c1-13-12-16(14(2)21(13)17-4-5-17)6-9-19-18(22)15-7-10-20(11-8-15)25(3,23)24/h12,15,17H,4-11H2,1-3H3,(H,19,22). The number of sulfonamides is 1. The first kappa shape index (κ1) is 18.5. The molecule has 1 saturated heterocycles. The molecule has 2 fully saturated rings. The van der Waals surface area contributed by atoms with Gasteiger partial charge in [0.2, 0.25) is 15.9 Å². The lowest BCUT2D eigenvalue weighted by Gasteiger charge is -2.29. The van der Waals surface area contributed by atoms with Crippen molar-refractivity contribution in [3.63, 3.8) is 0 Å². The van der Waals surface area contributed by atoms with Gasteiger partial charge in [0.1, 0.15) is 0 Å². The van der Waals surface area contributed by atoms with Crippen LogP contribution in [-0.2, 0) is 21.2 Å². The van der Waals surface area contributed by atoms with Crippen LogP contribution in [-0.4, -0.2) is 49.1 Å². The van der Waals surface area contributed by atoms with E-state index in [2.05, 4.69) is 29.8 Å². The summed E-state index contributed by atoms with van der Waals surface area (Å²) in [6, 6.07) is 2.92. The van der Waals surface area contributed by atoms with E-state index in [1.54, 1.807) is 0 Å². The first-order valence-corrected chi connectivity index (χ1v) is 11.0. The van der Waals surface area contributed by atoms with Crippen LogP contribution in [0.25, 0.3) is 0 Å². The van der Waals surface area contributed by atoms with Gasteiger partial charge < -0.3 is 9.88 Å². The summed E-state index contributed by atoms with van der Waals surface area (Å²) in [5.41, 5.74) is 3.96. The third-order valence-corrected chi connectivity index (χ3v) is 6.79. The first-order valence-electron chi connectivity index (χ1n) is 9.17. The molecule has 0 bridgehead atoms. The summed E-state index contributed by atoms with van der Waals surface area (Å²) >= 11 is 0. The van der Waals surface area contributed by atoms with E-state index in [-0.39, 0.29) is 11.8 Å². The molecule has 1 aliphatic carbocycles. The zero-order valence-electron chi connectivity index (χ0n) is 15.4. The van der Waals surface area contributed by atoms with Crippen molar-refractivity contribution < 1.29 is 13.2 Å². The van der Waals surface area contributed by atoms with Gasteiger partial charge in [-0.15, -0.1) is 0 Å². The molecule has 0 radical (unpaired) electrons. The molecule has 25 heavy (non-hydrogen) atoms. The van der Waals surface area contributed by atoms with E-state index in [1.807, 2.05) is 0 Å². The quantitative estimate of drug-likeness (QED) is 0.833. The summed E-state index contributed by atoms with van der Waals surface area (Å²) in [6.07, 6.45) is 5.84. The topological polar surface area (TPSA) is 71.4 Å². The van der Waals surface area contributed by atoms with E-state index >= 15 is 0 Å². The van der Waals surface area contributed by atoms with Gasteiger partial charge in [-0.3, -0.25) is 4.79 Å². The minimum absolute atomic E-state index is 0.0594. The highest BCUT2D eigenvalue weighted by Crippen LogP contribution is 2.38. The van der Waals surface area contributed by atoms with Crippen molar-refractivity contribution in [2.75, 3.05) is 25.9 Å². The minimum atomic E-state index is -3.14. The molecule has 0 aromatic carbocycles. The van der Waals surface area contributed by atoms with Crippen LogP contribution in [0.3, 0.4) is 0 Å². The van der Waals surface area contributed by atoms with Gasteiger partial charge in [0.05, 0.1) is 6.26 Å². The molecule has 1 saturated carbocycles. The Bertz CT molecular complexity index is 742. The van der Waals surface area contributed by atoms with Crippen molar-refractivity contribution in [2.24, 2.45) is 5.92 Å². The van der Waals surface area contributed by atoms with Gasteiger partial charge in [-0.05, 0) is 57.6 Å². The molecule has 2 aliphatic rings. The Morgan fingerprint density at radius 2 is 1.84 bits per heavy atom. The van der Waals surface area contributed by atoms with Gasteiger partial charge in [-0.2, -0.15) is 0 Å². The predicted molar refractivity (Wildman–Crippen MR) is 98.0 cm³/mol. The molecule has 1 aliphatic heterocycles. The third kappa shape index (κ3) is 4.26. The van der Waals surface area contributed by atoms with Crippen LogP contribution in [0, 0.1) is 19.8 Å². The lowest BCUT2D eigenvalue weighted by Crippen LogP contribution is -2.42. The number of piperidine rings is 1. The van der Waals surface area contributed by atoms with E-state index in [4.69, 9.17) is 0 Å². The third-order valence-electron chi connectivity index (χ3n) is 5.49. The van der Waals surface area contributed by atoms with Gasteiger partial charge in [0.25, 0.3) is 0 Å². The van der Waals surface area contributed by atoms with Gasteiger partial charge >= 0.3 is 0 Å².